The third-order valence-corrected chi connectivity index (χ3v) is 5.79. The molecule has 1 fully saturated rings. The average Bonchev–Trinajstić information content (AvgIpc) is 2.91. The molecule has 34 heavy (non-hydrogen) atoms. The summed E-state index contributed by atoms with van der Waals surface area (Å²) in [6, 6.07) is 20.4. The van der Waals surface area contributed by atoms with E-state index in [4.69, 9.17) is 0 Å². The molecule has 3 aromatic heterocycles. The Balaban J connectivity index is 1.21. The van der Waals surface area contributed by atoms with E-state index in [0.29, 0.717) is 31.9 Å². The molecule has 1 saturated heterocycles. The number of carbonyl (C=O) groups is 1. The van der Waals surface area contributed by atoms with Crippen molar-refractivity contribution in [2.75, 3.05) is 31.1 Å². The van der Waals surface area contributed by atoms with Gasteiger partial charge in [-0.3, -0.25) is 14.6 Å². The lowest BCUT2D eigenvalue weighted by Crippen LogP contribution is -2.50. The molecule has 0 radical (unpaired) electrons. The minimum Gasteiger partial charge on any atom is -0.352 e. The molecule has 1 amide bonds. The summed E-state index contributed by atoms with van der Waals surface area (Å²) in [7, 11) is 0. The van der Waals surface area contributed by atoms with Gasteiger partial charge in [0.05, 0.1) is 11.4 Å². The van der Waals surface area contributed by atoms with Crippen LogP contribution in [-0.4, -0.2) is 61.9 Å². The highest BCUT2D eigenvalue weighted by Gasteiger charge is 2.23. The smallest absolute Gasteiger partial charge is 0.267 e. The number of rotatable bonds is 5. The van der Waals surface area contributed by atoms with E-state index in [1.807, 2.05) is 54.6 Å². The fourth-order valence-electron chi connectivity index (χ4n) is 3.90. The Labute approximate surface area is 196 Å². The monoisotopic (exact) mass is 453 g/mol. The Kier molecular flexibility index (Phi) is 6.07. The Hall–Kier alpha value is -4.40. The molecule has 5 rings (SSSR count). The van der Waals surface area contributed by atoms with Crippen molar-refractivity contribution in [2.45, 2.75) is 6.54 Å². The van der Waals surface area contributed by atoms with Gasteiger partial charge in [0.1, 0.15) is 6.54 Å². The van der Waals surface area contributed by atoms with E-state index in [1.54, 1.807) is 23.4 Å². The van der Waals surface area contributed by atoms with Crippen LogP contribution in [0.3, 0.4) is 0 Å². The number of hydrogen-bond donors (Lipinski definition) is 0. The number of nitrogens with zero attached hydrogens (tertiary/aromatic N) is 7. The minimum atomic E-state index is -0.296. The highest BCUT2D eigenvalue weighted by molar-refractivity contribution is 5.76. The van der Waals surface area contributed by atoms with Gasteiger partial charge in [-0.1, -0.05) is 30.3 Å². The maximum absolute atomic E-state index is 12.9. The fraction of sp³-hybridized carbons (Fsp3) is 0.200. The number of amides is 1. The molecular formula is C25H23N7O2. The second kappa shape index (κ2) is 9.62. The highest BCUT2D eigenvalue weighted by atomic mass is 16.2. The number of pyridine rings is 1. The number of carbonyl (C=O) groups excluding carboxylic acids is 1. The van der Waals surface area contributed by atoms with Gasteiger partial charge in [-0.05, 0) is 30.3 Å². The van der Waals surface area contributed by atoms with Crippen LogP contribution >= 0.6 is 0 Å². The first-order valence-corrected chi connectivity index (χ1v) is 11.1. The van der Waals surface area contributed by atoms with E-state index >= 15 is 0 Å². The van der Waals surface area contributed by atoms with Crippen molar-refractivity contribution in [1.82, 2.24) is 29.9 Å². The molecular weight excluding hydrogens is 430 g/mol. The summed E-state index contributed by atoms with van der Waals surface area (Å²) in [6.45, 7) is 2.27. The van der Waals surface area contributed by atoms with Crippen molar-refractivity contribution in [1.29, 1.82) is 0 Å². The average molecular weight is 454 g/mol. The van der Waals surface area contributed by atoms with E-state index in [-0.39, 0.29) is 18.0 Å². The van der Waals surface area contributed by atoms with Gasteiger partial charge < -0.3 is 9.80 Å². The fourth-order valence-corrected chi connectivity index (χ4v) is 3.90. The van der Waals surface area contributed by atoms with Gasteiger partial charge in [-0.25, -0.2) is 4.68 Å². The molecule has 0 bridgehead atoms. The quantitative estimate of drug-likeness (QED) is 0.457. The Bertz CT molecular complexity index is 1320. The molecule has 9 heteroatoms. The van der Waals surface area contributed by atoms with Gasteiger partial charge in [0.15, 0.2) is 5.82 Å². The molecule has 9 nitrogen and oxygen atoms in total. The summed E-state index contributed by atoms with van der Waals surface area (Å²) >= 11 is 0. The van der Waals surface area contributed by atoms with Crippen LogP contribution in [0.1, 0.15) is 0 Å². The number of benzene rings is 1. The van der Waals surface area contributed by atoms with Gasteiger partial charge in [0.2, 0.25) is 5.91 Å². The highest BCUT2D eigenvalue weighted by Crippen LogP contribution is 2.19. The van der Waals surface area contributed by atoms with Crippen molar-refractivity contribution in [3.8, 4) is 22.5 Å². The lowest BCUT2D eigenvalue weighted by molar-refractivity contribution is -0.132. The molecule has 0 unspecified atom stereocenters. The molecule has 0 N–H and O–H groups in total. The number of hydrogen-bond acceptors (Lipinski definition) is 7. The molecule has 1 aromatic carbocycles. The molecule has 0 atom stereocenters. The van der Waals surface area contributed by atoms with E-state index in [2.05, 4.69) is 25.2 Å². The standard InChI is InChI=1S/C25H23N7O2/c33-24-11-9-22(19-5-2-1-3-6-19)29-32(24)18-25(34)31-15-13-30(14-16-31)23-10-8-21(27-28-23)20-7-4-12-26-17-20/h1-12,17H,13-16,18H2. The molecule has 0 spiro atoms. The van der Waals surface area contributed by atoms with Crippen LogP contribution < -0.4 is 10.5 Å². The lowest BCUT2D eigenvalue weighted by atomic mass is 10.1. The second-order valence-corrected chi connectivity index (χ2v) is 7.97. The van der Waals surface area contributed by atoms with Gasteiger partial charge in [0.25, 0.3) is 5.56 Å². The number of piperazine rings is 1. The zero-order valence-electron chi connectivity index (χ0n) is 18.5. The van der Waals surface area contributed by atoms with Crippen LogP contribution in [0.25, 0.3) is 22.5 Å². The third kappa shape index (κ3) is 4.68. The van der Waals surface area contributed by atoms with Crippen LogP contribution in [0.15, 0.2) is 83.9 Å². The van der Waals surface area contributed by atoms with Crippen LogP contribution in [0, 0.1) is 0 Å². The maximum atomic E-state index is 12.9. The summed E-state index contributed by atoms with van der Waals surface area (Å²) in [5, 5.41) is 13.1. The molecule has 1 aliphatic rings. The predicted molar refractivity (Wildman–Crippen MR) is 128 cm³/mol. The topological polar surface area (TPSA) is 97.1 Å². The van der Waals surface area contributed by atoms with E-state index in [9.17, 15) is 9.59 Å². The van der Waals surface area contributed by atoms with Crippen LogP contribution in [0.4, 0.5) is 5.82 Å². The molecule has 0 saturated carbocycles. The first kappa shape index (κ1) is 21.4. The Morgan fingerprint density at radius 1 is 0.794 bits per heavy atom. The third-order valence-electron chi connectivity index (χ3n) is 5.79. The number of aromatic nitrogens is 5. The normalized spacial score (nSPS) is 13.6. The summed E-state index contributed by atoms with van der Waals surface area (Å²) in [5.41, 5.74) is 2.94. The van der Waals surface area contributed by atoms with Crippen LogP contribution in [0.2, 0.25) is 0 Å². The SMILES string of the molecule is O=C(Cn1nc(-c2ccccc2)ccc1=O)N1CCN(c2ccc(-c3cccnc3)nn2)CC1. The van der Waals surface area contributed by atoms with Crippen LogP contribution in [0.5, 0.6) is 0 Å². The Morgan fingerprint density at radius 2 is 1.56 bits per heavy atom. The summed E-state index contributed by atoms with van der Waals surface area (Å²) in [6.07, 6.45) is 3.47. The van der Waals surface area contributed by atoms with E-state index < -0.39 is 0 Å². The van der Waals surface area contributed by atoms with Gasteiger partial charge in [-0.15, -0.1) is 10.2 Å². The molecule has 0 aliphatic carbocycles. The molecule has 1 aliphatic heterocycles. The number of anilines is 1. The largest absolute Gasteiger partial charge is 0.352 e. The summed E-state index contributed by atoms with van der Waals surface area (Å²) in [5.74, 6) is 0.644. The zero-order chi connectivity index (χ0) is 23.3. The second-order valence-electron chi connectivity index (χ2n) is 7.97. The van der Waals surface area contributed by atoms with Crippen molar-refractivity contribution in [3.05, 3.63) is 89.5 Å². The predicted octanol–water partition coefficient (Wildman–Crippen LogP) is 2.11. The van der Waals surface area contributed by atoms with Crippen LogP contribution in [-0.2, 0) is 11.3 Å². The van der Waals surface area contributed by atoms with Crippen molar-refractivity contribution in [3.63, 3.8) is 0 Å². The summed E-state index contributed by atoms with van der Waals surface area (Å²) in [4.78, 5) is 33.2. The Morgan fingerprint density at radius 3 is 2.26 bits per heavy atom. The van der Waals surface area contributed by atoms with Gasteiger partial charge in [-0.2, -0.15) is 5.10 Å². The lowest BCUT2D eigenvalue weighted by Gasteiger charge is -2.35. The first-order valence-electron chi connectivity index (χ1n) is 11.1. The molecule has 170 valence electrons. The summed E-state index contributed by atoms with van der Waals surface area (Å²) < 4.78 is 1.24. The van der Waals surface area contributed by atoms with Crippen molar-refractivity contribution >= 4 is 11.7 Å². The zero-order valence-corrected chi connectivity index (χ0v) is 18.5. The van der Waals surface area contributed by atoms with E-state index in [0.717, 1.165) is 22.6 Å². The van der Waals surface area contributed by atoms with Crippen molar-refractivity contribution < 1.29 is 4.79 Å². The molecule has 4 heterocycles. The van der Waals surface area contributed by atoms with Gasteiger partial charge >= 0.3 is 0 Å². The van der Waals surface area contributed by atoms with Crippen molar-refractivity contribution in [2.24, 2.45) is 0 Å². The van der Waals surface area contributed by atoms with Gasteiger partial charge in [0, 0.05) is 55.8 Å². The minimum absolute atomic E-state index is 0.0842. The maximum Gasteiger partial charge on any atom is 0.267 e. The molecule has 4 aromatic rings. The first-order chi connectivity index (χ1) is 16.7. The van der Waals surface area contributed by atoms with E-state index in [1.165, 1.54) is 10.7 Å².